The maximum absolute atomic E-state index is 13.3. The zero-order valence-electron chi connectivity index (χ0n) is 16.0. The van der Waals surface area contributed by atoms with Gasteiger partial charge in [-0.3, -0.25) is 0 Å². The first kappa shape index (κ1) is 19.6. The van der Waals surface area contributed by atoms with Gasteiger partial charge in [0.05, 0.1) is 0 Å². The monoisotopic (exact) mass is 416 g/mol. The predicted molar refractivity (Wildman–Crippen MR) is 117 cm³/mol. The molecule has 5 heteroatoms. The fourth-order valence-electron chi connectivity index (χ4n) is 3.22. The third-order valence-electron chi connectivity index (χ3n) is 4.64. The zero-order chi connectivity index (χ0) is 21.0. The average Bonchev–Trinajstić information content (AvgIpc) is 2.79. The highest BCUT2D eigenvalue weighted by Crippen LogP contribution is 2.69. The first-order chi connectivity index (χ1) is 14.6. The Labute approximate surface area is 176 Å². The van der Waals surface area contributed by atoms with Crippen molar-refractivity contribution in [1.29, 1.82) is 0 Å². The van der Waals surface area contributed by atoms with E-state index in [0.717, 1.165) is 14.7 Å². The van der Waals surface area contributed by atoms with Gasteiger partial charge in [-0.15, -0.1) is 0 Å². The molecule has 0 aliphatic heterocycles. The van der Waals surface area contributed by atoms with E-state index in [9.17, 15) is 15.0 Å². The molecule has 0 saturated carbocycles. The van der Waals surface area contributed by atoms with Crippen LogP contribution in [0.1, 0.15) is 10.4 Å². The van der Waals surface area contributed by atoms with Crippen molar-refractivity contribution in [3.63, 3.8) is 0 Å². The predicted octanol–water partition coefficient (Wildman–Crippen LogP) is 6.15. The quantitative estimate of drug-likeness (QED) is 0.409. The van der Waals surface area contributed by atoms with Gasteiger partial charge in [-0.25, -0.2) is 4.79 Å². The van der Waals surface area contributed by atoms with Crippen molar-refractivity contribution < 1.29 is 19.2 Å². The maximum atomic E-state index is 13.3. The van der Waals surface area contributed by atoms with Crippen LogP contribution in [0.5, 0.6) is 11.5 Å². The Hall–Kier alpha value is -3.70. The SMILES string of the molecule is O=C(OS(c1ccccc1)(c1ccccc1)c1ccc(O)cc1)c1ccccc1O. The van der Waals surface area contributed by atoms with E-state index >= 15 is 0 Å². The molecule has 0 aliphatic rings. The standard InChI is InChI=1S/C25H20O4S/c26-19-15-17-22(18-16-19)30(20-9-3-1-4-10-20,21-11-5-2-6-12-21)29-25(28)23-13-7-8-14-24(23)27/h1-18,26-27H. The number of phenols is 2. The summed E-state index contributed by atoms with van der Waals surface area (Å²) in [5.74, 6) is -0.633. The van der Waals surface area contributed by atoms with Crippen LogP contribution in [-0.2, 0) is 4.18 Å². The van der Waals surface area contributed by atoms with Crippen LogP contribution in [0.2, 0.25) is 0 Å². The van der Waals surface area contributed by atoms with Gasteiger partial charge in [-0.1, -0.05) is 48.5 Å². The molecule has 0 aliphatic carbocycles. The molecule has 2 N–H and O–H groups in total. The van der Waals surface area contributed by atoms with E-state index in [2.05, 4.69) is 0 Å². The highest BCUT2D eigenvalue weighted by atomic mass is 32.3. The molecule has 0 aromatic heterocycles. The van der Waals surface area contributed by atoms with Crippen molar-refractivity contribution in [3.05, 3.63) is 115 Å². The second-order valence-corrected chi connectivity index (χ2v) is 9.26. The van der Waals surface area contributed by atoms with Crippen molar-refractivity contribution in [1.82, 2.24) is 0 Å². The van der Waals surface area contributed by atoms with Gasteiger partial charge in [0.25, 0.3) is 0 Å². The van der Waals surface area contributed by atoms with Gasteiger partial charge in [-0.2, -0.15) is 0 Å². The van der Waals surface area contributed by atoms with E-state index in [1.165, 1.54) is 12.1 Å². The smallest absolute Gasteiger partial charge is 0.353 e. The van der Waals surface area contributed by atoms with Gasteiger partial charge in [0.15, 0.2) is 0 Å². The lowest BCUT2D eigenvalue weighted by Crippen LogP contribution is -2.14. The van der Waals surface area contributed by atoms with Gasteiger partial charge >= 0.3 is 5.97 Å². The van der Waals surface area contributed by atoms with Gasteiger partial charge in [-0.05, 0) is 71.0 Å². The summed E-state index contributed by atoms with van der Waals surface area (Å²) < 4.78 is 6.31. The summed E-state index contributed by atoms with van der Waals surface area (Å²) in [6, 6.07) is 32.1. The third kappa shape index (κ3) is 3.63. The van der Waals surface area contributed by atoms with Crippen molar-refractivity contribution in [3.8, 4) is 11.5 Å². The number of para-hydroxylation sites is 1. The number of hydrogen-bond donors (Lipinski definition) is 2. The lowest BCUT2D eigenvalue weighted by Gasteiger charge is -2.39. The van der Waals surface area contributed by atoms with E-state index in [0.29, 0.717) is 0 Å². The lowest BCUT2D eigenvalue weighted by atomic mass is 10.2. The summed E-state index contributed by atoms with van der Waals surface area (Å²) in [5, 5.41) is 20.0. The first-order valence-corrected chi connectivity index (χ1v) is 10.9. The molecule has 0 saturated heterocycles. The van der Waals surface area contributed by atoms with Crippen LogP contribution >= 0.6 is 10.3 Å². The molecule has 0 fully saturated rings. The zero-order valence-corrected chi connectivity index (χ0v) is 16.8. The van der Waals surface area contributed by atoms with Crippen LogP contribution in [0.3, 0.4) is 0 Å². The number of hydrogen-bond acceptors (Lipinski definition) is 4. The molecule has 0 amide bonds. The molecule has 0 heterocycles. The molecular weight excluding hydrogens is 396 g/mol. The molecule has 4 rings (SSSR count). The number of rotatable bonds is 5. The fourth-order valence-corrected chi connectivity index (χ4v) is 6.24. The molecule has 150 valence electrons. The second kappa shape index (κ2) is 8.35. The minimum absolute atomic E-state index is 0.0972. The minimum Gasteiger partial charge on any atom is -0.508 e. The number of carbonyl (C=O) groups is 1. The average molecular weight is 416 g/mol. The largest absolute Gasteiger partial charge is 0.508 e. The Morgan fingerprint density at radius 1 is 0.600 bits per heavy atom. The van der Waals surface area contributed by atoms with Crippen LogP contribution in [-0.4, -0.2) is 16.2 Å². The van der Waals surface area contributed by atoms with E-state index in [4.69, 9.17) is 4.18 Å². The third-order valence-corrected chi connectivity index (χ3v) is 7.85. The molecular formula is C25H20O4S. The number of benzene rings is 4. The highest BCUT2D eigenvalue weighted by molar-refractivity contribution is 8.30. The summed E-state index contributed by atoms with van der Waals surface area (Å²) in [6.07, 6.45) is 0. The van der Waals surface area contributed by atoms with Crippen molar-refractivity contribution in [2.24, 2.45) is 0 Å². The number of phenolic OH excluding ortho intramolecular Hbond substituents is 2. The lowest BCUT2D eigenvalue weighted by molar-refractivity contribution is 0.0754. The van der Waals surface area contributed by atoms with E-state index < -0.39 is 16.3 Å². The highest BCUT2D eigenvalue weighted by Gasteiger charge is 2.36. The Bertz CT molecular complexity index is 1100. The molecule has 0 radical (unpaired) electrons. The van der Waals surface area contributed by atoms with E-state index in [1.54, 1.807) is 36.4 Å². The first-order valence-electron chi connectivity index (χ1n) is 9.35. The molecule has 0 spiro atoms. The van der Waals surface area contributed by atoms with Crippen LogP contribution in [0.15, 0.2) is 124 Å². The molecule has 30 heavy (non-hydrogen) atoms. The topological polar surface area (TPSA) is 66.8 Å². The molecule has 0 unspecified atom stereocenters. The summed E-state index contributed by atoms with van der Waals surface area (Å²) in [4.78, 5) is 15.7. The maximum Gasteiger partial charge on any atom is 0.353 e. The Kier molecular flexibility index (Phi) is 5.46. The van der Waals surface area contributed by atoms with Gasteiger partial charge < -0.3 is 14.4 Å². The van der Waals surface area contributed by atoms with Crippen LogP contribution < -0.4 is 0 Å². The Morgan fingerprint density at radius 3 is 1.60 bits per heavy atom. The van der Waals surface area contributed by atoms with E-state index in [-0.39, 0.29) is 17.1 Å². The molecule has 0 atom stereocenters. The number of aromatic hydroxyl groups is 2. The van der Waals surface area contributed by atoms with Crippen LogP contribution in [0.4, 0.5) is 0 Å². The van der Waals surface area contributed by atoms with Crippen molar-refractivity contribution in [2.45, 2.75) is 14.7 Å². The molecule has 4 aromatic rings. The van der Waals surface area contributed by atoms with Crippen LogP contribution in [0.25, 0.3) is 0 Å². The number of carbonyl (C=O) groups excluding carboxylic acids is 1. The van der Waals surface area contributed by atoms with Gasteiger partial charge in [0.1, 0.15) is 17.1 Å². The molecule has 0 bridgehead atoms. The fraction of sp³-hybridized carbons (Fsp3) is 0. The van der Waals surface area contributed by atoms with Gasteiger partial charge in [0.2, 0.25) is 0 Å². The van der Waals surface area contributed by atoms with Crippen molar-refractivity contribution in [2.75, 3.05) is 0 Å². The van der Waals surface area contributed by atoms with E-state index in [1.807, 2.05) is 60.7 Å². The Morgan fingerprint density at radius 2 is 1.07 bits per heavy atom. The summed E-state index contributed by atoms with van der Waals surface area (Å²) in [7, 11) is -2.49. The summed E-state index contributed by atoms with van der Waals surface area (Å²) in [6.45, 7) is 0. The molecule has 4 aromatic carbocycles. The van der Waals surface area contributed by atoms with Gasteiger partial charge in [0, 0.05) is 14.7 Å². The second-order valence-electron chi connectivity index (χ2n) is 6.56. The van der Waals surface area contributed by atoms with Crippen LogP contribution in [0, 0.1) is 0 Å². The molecule has 4 nitrogen and oxygen atoms in total. The normalized spacial score (nSPS) is 11.6. The Balaban J connectivity index is 1.96. The summed E-state index contributed by atoms with van der Waals surface area (Å²) in [5.41, 5.74) is 0.0972. The minimum atomic E-state index is -2.49. The summed E-state index contributed by atoms with van der Waals surface area (Å²) >= 11 is 0. The van der Waals surface area contributed by atoms with Crippen molar-refractivity contribution >= 4 is 16.3 Å².